The lowest BCUT2D eigenvalue weighted by molar-refractivity contribution is -0.126. The van der Waals surface area contributed by atoms with Crippen LogP contribution in [-0.4, -0.2) is 23.9 Å². The van der Waals surface area contributed by atoms with Crippen molar-refractivity contribution in [1.29, 1.82) is 0 Å². The van der Waals surface area contributed by atoms with Gasteiger partial charge in [0.05, 0.1) is 17.9 Å². The van der Waals surface area contributed by atoms with Crippen LogP contribution in [-0.2, 0) is 9.59 Å². The fourth-order valence-corrected chi connectivity index (χ4v) is 3.71. The van der Waals surface area contributed by atoms with E-state index in [1.165, 1.54) is 0 Å². The van der Waals surface area contributed by atoms with Crippen LogP contribution < -0.4 is 15.5 Å². The molecule has 6 heteroatoms. The van der Waals surface area contributed by atoms with E-state index in [-0.39, 0.29) is 30.3 Å². The molecule has 148 valence electrons. The van der Waals surface area contributed by atoms with E-state index in [0.29, 0.717) is 16.4 Å². The minimum absolute atomic E-state index is 0.00168. The molecule has 0 bridgehead atoms. The minimum atomic E-state index is -0.972. The van der Waals surface area contributed by atoms with Crippen molar-refractivity contribution in [3.63, 3.8) is 0 Å². The van der Waals surface area contributed by atoms with Crippen molar-refractivity contribution in [2.45, 2.75) is 39.3 Å². The largest absolute Gasteiger partial charge is 0.322 e. The summed E-state index contributed by atoms with van der Waals surface area (Å²) in [6, 6.07) is 15.0. The Labute approximate surface area is 171 Å². The Morgan fingerprint density at radius 2 is 1.79 bits per heavy atom. The number of nitrogens with one attached hydrogen (secondary N) is 2. The summed E-state index contributed by atoms with van der Waals surface area (Å²) in [6.07, 6.45) is 0. The number of hydrogen-bond donors (Lipinski definition) is 2. The number of halogens is 1. The van der Waals surface area contributed by atoms with Crippen LogP contribution in [0.2, 0.25) is 5.02 Å². The van der Waals surface area contributed by atoms with Gasteiger partial charge in [0.1, 0.15) is 5.54 Å². The van der Waals surface area contributed by atoms with E-state index >= 15 is 0 Å². The monoisotopic (exact) mass is 399 g/mol. The highest BCUT2D eigenvalue weighted by atomic mass is 35.5. The molecular weight excluding hydrogens is 374 g/mol. The van der Waals surface area contributed by atoms with Crippen LogP contribution in [0.4, 0.5) is 11.4 Å². The summed E-state index contributed by atoms with van der Waals surface area (Å²) in [5.74, 6) is -0.0662. The average Bonchev–Trinajstić information content (AvgIpc) is 2.63. The predicted molar refractivity (Wildman–Crippen MR) is 114 cm³/mol. The molecule has 2 N–H and O–H groups in total. The highest BCUT2D eigenvalue weighted by Gasteiger charge is 2.43. The third kappa shape index (κ3) is 3.91. The Hall–Kier alpha value is -2.37. The van der Waals surface area contributed by atoms with Crippen LogP contribution in [0.3, 0.4) is 0 Å². The number of nitrogens with zero attached hydrogens (tertiary/aromatic N) is 1. The first-order chi connectivity index (χ1) is 13.2. The van der Waals surface area contributed by atoms with E-state index in [1.54, 1.807) is 24.8 Å². The zero-order valence-corrected chi connectivity index (χ0v) is 17.4. The first-order valence-electron chi connectivity index (χ1n) is 9.44. The molecule has 0 aliphatic carbocycles. The molecule has 28 heavy (non-hydrogen) atoms. The van der Waals surface area contributed by atoms with Gasteiger partial charge in [0.2, 0.25) is 11.8 Å². The van der Waals surface area contributed by atoms with Gasteiger partial charge in [-0.15, -0.1) is 0 Å². The van der Waals surface area contributed by atoms with Crippen LogP contribution in [0.25, 0.3) is 0 Å². The number of benzene rings is 2. The number of carbonyl (C=O) groups excluding carboxylic acids is 2. The molecule has 2 amide bonds. The topological polar surface area (TPSA) is 61.4 Å². The number of rotatable bonds is 5. The molecule has 1 aliphatic heterocycles. The molecule has 0 saturated carbocycles. The fourth-order valence-electron chi connectivity index (χ4n) is 3.58. The lowest BCUT2D eigenvalue weighted by Crippen LogP contribution is -2.60. The van der Waals surface area contributed by atoms with Crippen molar-refractivity contribution in [1.82, 2.24) is 5.32 Å². The van der Waals surface area contributed by atoms with Gasteiger partial charge in [-0.3, -0.25) is 14.5 Å². The first-order valence-corrected chi connectivity index (χ1v) is 9.82. The maximum atomic E-state index is 13.2. The van der Waals surface area contributed by atoms with Gasteiger partial charge in [0.25, 0.3) is 0 Å². The van der Waals surface area contributed by atoms with E-state index < -0.39 is 5.54 Å². The fraction of sp³-hybridized carbons (Fsp3) is 0.364. The minimum Gasteiger partial charge on any atom is -0.322 e. The Balaban J connectivity index is 1.83. The summed E-state index contributed by atoms with van der Waals surface area (Å²) in [5.41, 5.74) is 1.47. The predicted octanol–water partition coefficient (Wildman–Crippen LogP) is 4.39. The number of anilines is 2. The van der Waals surface area contributed by atoms with Crippen molar-refractivity contribution < 1.29 is 9.59 Å². The van der Waals surface area contributed by atoms with Gasteiger partial charge in [-0.25, -0.2) is 0 Å². The zero-order valence-electron chi connectivity index (χ0n) is 16.6. The van der Waals surface area contributed by atoms with E-state index in [1.807, 2.05) is 42.5 Å². The third-order valence-electron chi connectivity index (χ3n) is 5.13. The second-order valence-electron chi connectivity index (χ2n) is 7.91. The molecule has 0 radical (unpaired) electrons. The zero-order chi connectivity index (χ0) is 20.5. The molecule has 1 unspecified atom stereocenters. The van der Waals surface area contributed by atoms with E-state index in [0.717, 1.165) is 5.56 Å². The van der Waals surface area contributed by atoms with Gasteiger partial charge >= 0.3 is 0 Å². The summed E-state index contributed by atoms with van der Waals surface area (Å²) in [5, 5.41) is 6.93. The van der Waals surface area contributed by atoms with Gasteiger partial charge in [-0.05, 0) is 49.6 Å². The third-order valence-corrected chi connectivity index (χ3v) is 5.38. The SMILES string of the molecule is CC(C)C(NCC(=O)N1c2ccccc2NC(=O)C1(C)C)c1ccc(Cl)cc1. The molecule has 3 rings (SSSR count). The van der Waals surface area contributed by atoms with Gasteiger partial charge < -0.3 is 10.6 Å². The van der Waals surface area contributed by atoms with Crippen molar-refractivity contribution in [2.24, 2.45) is 5.92 Å². The van der Waals surface area contributed by atoms with Crippen LogP contribution >= 0.6 is 11.6 Å². The number of fused-ring (bicyclic) bond motifs is 1. The number of hydrogen-bond acceptors (Lipinski definition) is 3. The van der Waals surface area contributed by atoms with Gasteiger partial charge in [-0.2, -0.15) is 0 Å². The molecule has 1 aliphatic rings. The summed E-state index contributed by atoms with van der Waals surface area (Å²) >= 11 is 6.00. The Bertz CT molecular complexity index is 878. The maximum absolute atomic E-state index is 13.2. The maximum Gasteiger partial charge on any atom is 0.250 e. The standard InChI is InChI=1S/C22H26ClN3O2/c1-14(2)20(15-9-11-16(23)12-10-15)24-13-19(27)26-18-8-6-5-7-17(18)25-21(28)22(26,3)4/h5-12,14,20,24H,13H2,1-4H3,(H,25,28). The van der Waals surface area contributed by atoms with Gasteiger partial charge in [-0.1, -0.05) is 49.7 Å². The lowest BCUT2D eigenvalue weighted by Gasteiger charge is -2.42. The van der Waals surface area contributed by atoms with Crippen molar-refractivity contribution in [2.75, 3.05) is 16.8 Å². The molecule has 1 heterocycles. The van der Waals surface area contributed by atoms with E-state index in [2.05, 4.69) is 24.5 Å². The first kappa shape index (κ1) is 20.4. The summed E-state index contributed by atoms with van der Waals surface area (Å²) in [6.45, 7) is 7.84. The van der Waals surface area contributed by atoms with Crippen LogP contribution in [0.15, 0.2) is 48.5 Å². The molecule has 1 atom stereocenters. The smallest absolute Gasteiger partial charge is 0.250 e. The number of para-hydroxylation sites is 2. The van der Waals surface area contributed by atoms with E-state index in [4.69, 9.17) is 11.6 Å². The van der Waals surface area contributed by atoms with Crippen LogP contribution in [0.5, 0.6) is 0 Å². The molecule has 5 nitrogen and oxygen atoms in total. The molecule has 2 aromatic carbocycles. The molecule has 0 aromatic heterocycles. The Kier molecular flexibility index (Phi) is 5.77. The second kappa shape index (κ2) is 7.94. The highest BCUT2D eigenvalue weighted by Crippen LogP contribution is 2.36. The lowest BCUT2D eigenvalue weighted by atomic mass is 9.95. The summed E-state index contributed by atoms with van der Waals surface area (Å²) in [4.78, 5) is 27.3. The van der Waals surface area contributed by atoms with Gasteiger partial charge in [0, 0.05) is 11.1 Å². The Morgan fingerprint density at radius 1 is 1.14 bits per heavy atom. The van der Waals surface area contributed by atoms with E-state index in [9.17, 15) is 9.59 Å². The van der Waals surface area contributed by atoms with Crippen molar-refractivity contribution in [3.8, 4) is 0 Å². The van der Waals surface area contributed by atoms with Crippen LogP contribution in [0.1, 0.15) is 39.3 Å². The van der Waals surface area contributed by atoms with Gasteiger partial charge in [0.15, 0.2) is 0 Å². The molecule has 2 aromatic rings. The quantitative estimate of drug-likeness (QED) is 0.783. The number of carbonyl (C=O) groups is 2. The van der Waals surface area contributed by atoms with Crippen molar-refractivity contribution >= 4 is 34.8 Å². The molecule has 0 saturated heterocycles. The van der Waals surface area contributed by atoms with Crippen LogP contribution in [0, 0.1) is 5.92 Å². The normalized spacial score (nSPS) is 16.5. The van der Waals surface area contributed by atoms with Crippen molar-refractivity contribution in [3.05, 3.63) is 59.1 Å². The summed E-state index contributed by atoms with van der Waals surface area (Å²) < 4.78 is 0. The molecular formula is C22H26ClN3O2. The average molecular weight is 400 g/mol. The Morgan fingerprint density at radius 3 is 2.43 bits per heavy atom. The second-order valence-corrected chi connectivity index (χ2v) is 8.35. The summed E-state index contributed by atoms with van der Waals surface area (Å²) in [7, 11) is 0. The molecule has 0 fully saturated rings. The number of amides is 2. The molecule has 0 spiro atoms. The highest BCUT2D eigenvalue weighted by molar-refractivity contribution is 6.30.